The highest BCUT2D eigenvalue weighted by molar-refractivity contribution is 5.77. The summed E-state index contributed by atoms with van der Waals surface area (Å²) in [6, 6.07) is -1.82. The van der Waals surface area contributed by atoms with E-state index in [4.69, 9.17) is 5.11 Å². The molecule has 0 amide bonds. The topological polar surface area (TPSA) is 104 Å². The minimum Gasteiger partial charge on any atom is -0.480 e. The lowest BCUT2D eigenvalue weighted by atomic mass is 10.0. The van der Waals surface area contributed by atoms with E-state index in [2.05, 4.69) is 10.3 Å². The van der Waals surface area contributed by atoms with Crippen LogP contribution in [0.4, 0.5) is 0 Å². The molecule has 0 aliphatic rings. The second kappa shape index (κ2) is 7.04. The molecule has 0 aliphatic heterocycles. The molecule has 7 nitrogen and oxygen atoms in total. The number of aliphatic carboxylic acids is 2. The molecule has 2 unspecified atom stereocenters. The predicted molar refractivity (Wildman–Crippen MR) is 72.4 cm³/mol. The van der Waals surface area contributed by atoms with Crippen molar-refractivity contribution >= 4 is 11.9 Å². The number of nitrogens with zero attached hydrogens (tertiary/aromatic N) is 2. The lowest BCUT2D eigenvalue weighted by Crippen LogP contribution is -2.49. The highest BCUT2D eigenvalue weighted by Gasteiger charge is 2.27. The van der Waals surface area contributed by atoms with Crippen molar-refractivity contribution in [3.8, 4) is 0 Å². The van der Waals surface area contributed by atoms with Crippen LogP contribution in [0, 0.1) is 5.92 Å². The first-order chi connectivity index (χ1) is 9.31. The Balaban J connectivity index is 2.78. The Bertz CT molecular complexity index is 470. The van der Waals surface area contributed by atoms with E-state index in [-0.39, 0.29) is 12.3 Å². The number of nitrogens with one attached hydrogen (secondary N) is 1. The van der Waals surface area contributed by atoms with Gasteiger partial charge >= 0.3 is 11.9 Å². The average molecular weight is 283 g/mol. The number of hydrogen-bond donors (Lipinski definition) is 3. The van der Waals surface area contributed by atoms with Gasteiger partial charge in [0.25, 0.3) is 0 Å². The van der Waals surface area contributed by atoms with Gasteiger partial charge < -0.3 is 14.8 Å². The predicted octanol–water partition coefficient (Wildman–Crippen LogP) is 0.505. The molecule has 2 atom stereocenters. The van der Waals surface area contributed by atoms with E-state index in [9.17, 15) is 14.7 Å². The Morgan fingerprint density at radius 1 is 1.30 bits per heavy atom. The molecule has 1 heterocycles. The Labute approximate surface area is 117 Å². The van der Waals surface area contributed by atoms with Gasteiger partial charge in [0, 0.05) is 25.4 Å². The number of aryl methyl sites for hydroxylation is 1. The van der Waals surface area contributed by atoms with Crippen LogP contribution in [0.1, 0.15) is 26.0 Å². The number of carbonyl (C=O) groups is 2. The van der Waals surface area contributed by atoms with Crippen molar-refractivity contribution in [2.24, 2.45) is 13.0 Å². The SMILES string of the molecule is CC(C)CC(NC(Cc1cncn1C)C(=O)O)C(=O)O. The van der Waals surface area contributed by atoms with Crippen LogP contribution in [0.2, 0.25) is 0 Å². The Hall–Kier alpha value is -1.89. The maximum atomic E-state index is 11.3. The zero-order valence-electron chi connectivity index (χ0n) is 11.9. The third kappa shape index (κ3) is 4.65. The van der Waals surface area contributed by atoms with Gasteiger partial charge in [-0.3, -0.25) is 14.9 Å². The second-order valence-corrected chi connectivity index (χ2v) is 5.28. The summed E-state index contributed by atoms with van der Waals surface area (Å²) in [7, 11) is 1.77. The summed E-state index contributed by atoms with van der Waals surface area (Å²) in [5.74, 6) is -1.94. The number of hydrogen-bond acceptors (Lipinski definition) is 4. The van der Waals surface area contributed by atoms with E-state index in [1.54, 1.807) is 24.1 Å². The fourth-order valence-corrected chi connectivity index (χ4v) is 1.96. The Morgan fingerprint density at radius 3 is 2.30 bits per heavy atom. The molecule has 3 N–H and O–H groups in total. The van der Waals surface area contributed by atoms with Gasteiger partial charge in [0.1, 0.15) is 12.1 Å². The Morgan fingerprint density at radius 2 is 1.90 bits per heavy atom. The van der Waals surface area contributed by atoms with Gasteiger partial charge in [0.2, 0.25) is 0 Å². The first kappa shape index (κ1) is 16.2. The van der Waals surface area contributed by atoms with Crippen molar-refractivity contribution in [2.45, 2.75) is 38.8 Å². The molecule has 112 valence electrons. The first-order valence-corrected chi connectivity index (χ1v) is 6.48. The van der Waals surface area contributed by atoms with Crippen LogP contribution in [0.5, 0.6) is 0 Å². The second-order valence-electron chi connectivity index (χ2n) is 5.28. The van der Waals surface area contributed by atoms with E-state index in [1.807, 2.05) is 13.8 Å². The van der Waals surface area contributed by atoms with Crippen molar-refractivity contribution in [1.82, 2.24) is 14.9 Å². The van der Waals surface area contributed by atoms with Gasteiger partial charge in [-0.1, -0.05) is 13.8 Å². The highest BCUT2D eigenvalue weighted by atomic mass is 16.4. The molecule has 0 bridgehead atoms. The monoisotopic (exact) mass is 283 g/mol. The smallest absolute Gasteiger partial charge is 0.321 e. The van der Waals surface area contributed by atoms with Gasteiger partial charge in [0.15, 0.2) is 0 Å². The van der Waals surface area contributed by atoms with Crippen molar-refractivity contribution in [3.05, 3.63) is 18.2 Å². The molecule has 0 aromatic carbocycles. The third-order valence-electron chi connectivity index (χ3n) is 3.04. The zero-order chi connectivity index (χ0) is 15.3. The maximum Gasteiger partial charge on any atom is 0.321 e. The number of carboxylic acid groups (broad SMARTS) is 2. The summed E-state index contributed by atoms with van der Waals surface area (Å²) < 4.78 is 1.72. The number of imidazole rings is 1. The summed E-state index contributed by atoms with van der Waals surface area (Å²) >= 11 is 0. The average Bonchev–Trinajstić information content (AvgIpc) is 2.72. The van der Waals surface area contributed by atoms with Crippen LogP contribution in [0.15, 0.2) is 12.5 Å². The molecule has 0 saturated carbocycles. The molecule has 0 radical (unpaired) electrons. The van der Waals surface area contributed by atoms with Gasteiger partial charge in [0.05, 0.1) is 6.33 Å². The molecule has 1 aromatic rings. The summed E-state index contributed by atoms with van der Waals surface area (Å²) in [5.41, 5.74) is 0.735. The minimum absolute atomic E-state index is 0.162. The lowest BCUT2D eigenvalue weighted by molar-refractivity contribution is -0.142. The molecule has 20 heavy (non-hydrogen) atoms. The van der Waals surface area contributed by atoms with Crippen LogP contribution < -0.4 is 5.32 Å². The van der Waals surface area contributed by atoms with Gasteiger partial charge in [-0.05, 0) is 12.3 Å². The molecule has 1 rings (SSSR count). The van der Waals surface area contributed by atoms with E-state index in [0.29, 0.717) is 6.42 Å². The minimum atomic E-state index is -1.07. The summed E-state index contributed by atoms with van der Waals surface area (Å²) in [6.07, 6.45) is 3.73. The summed E-state index contributed by atoms with van der Waals surface area (Å²) in [4.78, 5) is 26.4. The van der Waals surface area contributed by atoms with Crippen LogP contribution >= 0.6 is 0 Å². The van der Waals surface area contributed by atoms with Gasteiger partial charge in [-0.2, -0.15) is 0 Å². The largest absolute Gasteiger partial charge is 0.480 e. The third-order valence-corrected chi connectivity index (χ3v) is 3.04. The van der Waals surface area contributed by atoms with Crippen molar-refractivity contribution in [3.63, 3.8) is 0 Å². The molecule has 7 heteroatoms. The summed E-state index contributed by atoms with van der Waals surface area (Å²) in [6.45, 7) is 3.79. The van der Waals surface area contributed by atoms with Gasteiger partial charge in [-0.25, -0.2) is 4.98 Å². The van der Waals surface area contributed by atoms with Crippen LogP contribution in [-0.2, 0) is 23.1 Å². The van der Waals surface area contributed by atoms with Crippen molar-refractivity contribution in [1.29, 1.82) is 0 Å². The van der Waals surface area contributed by atoms with E-state index in [1.165, 1.54) is 0 Å². The Kier molecular flexibility index (Phi) is 5.69. The van der Waals surface area contributed by atoms with E-state index >= 15 is 0 Å². The van der Waals surface area contributed by atoms with Crippen LogP contribution in [0.25, 0.3) is 0 Å². The fraction of sp³-hybridized carbons (Fsp3) is 0.615. The molecular weight excluding hydrogens is 262 g/mol. The molecular formula is C13H21N3O4. The number of aromatic nitrogens is 2. The number of carboxylic acids is 2. The van der Waals surface area contributed by atoms with Crippen molar-refractivity contribution in [2.75, 3.05) is 0 Å². The van der Waals surface area contributed by atoms with E-state index < -0.39 is 24.0 Å². The molecule has 1 aromatic heterocycles. The van der Waals surface area contributed by atoms with Crippen LogP contribution in [0.3, 0.4) is 0 Å². The lowest BCUT2D eigenvalue weighted by Gasteiger charge is -2.21. The first-order valence-electron chi connectivity index (χ1n) is 6.48. The van der Waals surface area contributed by atoms with E-state index in [0.717, 1.165) is 5.69 Å². The highest BCUT2D eigenvalue weighted by Crippen LogP contribution is 2.08. The molecule has 0 spiro atoms. The maximum absolute atomic E-state index is 11.3. The van der Waals surface area contributed by atoms with Crippen molar-refractivity contribution < 1.29 is 19.8 Å². The molecule has 0 saturated heterocycles. The summed E-state index contributed by atoms with van der Waals surface area (Å²) in [5, 5.41) is 21.1. The zero-order valence-corrected chi connectivity index (χ0v) is 11.9. The van der Waals surface area contributed by atoms with Crippen LogP contribution in [-0.4, -0.2) is 43.8 Å². The quantitative estimate of drug-likeness (QED) is 0.642. The fourth-order valence-electron chi connectivity index (χ4n) is 1.96. The number of rotatable bonds is 8. The van der Waals surface area contributed by atoms with Gasteiger partial charge in [-0.15, -0.1) is 0 Å². The molecule has 0 aliphatic carbocycles. The molecule has 0 fully saturated rings. The normalized spacial score (nSPS) is 14.2. The standard InChI is InChI=1S/C13H21N3O4/c1-8(2)4-10(12(17)18)15-11(13(19)20)5-9-6-14-7-16(9)3/h6-8,10-11,15H,4-5H2,1-3H3,(H,17,18)(H,19,20).